The first kappa shape index (κ1) is 25.3. The number of halogens is 2. The number of rotatable bonds is 8. The SMILES string of the molecule is CCOC(=O)C1=C(CS(=O)(=O)c2ccc(F)c(Cl)c2)NC(=O)N[C@H]1c1ccc(OC)c(OC)c1. The van der Waals surface area contributed by atoms with Gasteiger partial charge in [-0.1, -0.05) is 17.7 Å². The van der Waals surface area contributed by atoms with Crippen LogP contribution in [0.5, 0.6) is 11.5 Å². The van der Waals surface area contributed by atoms with Gasteiger partial charge in [0.25, 0.3) is 0 Å². The number of carbonyl (C=O) groups excluding carboxylic acids is 2. The lowest BCUT2D eigenvalue weighted by atomic mass is 9.95. The lowest BCUT2D eigenvalue weighted by molar-refractivity contribution is -0.139. The average molecular weight is 513 g/mol. The van der Waals surface area contributed by atoms with Gasteiger partial charge >= 0.3 is 12.0 Å². The van der Waals surface area contributed by atoms with E-state index >= 15 is 0 Å². The minimum absolute atomic E-state index is 0.0164. The van der Waals surface area contributed by atoms with Crippen molar-refractivity contribution < 1.29 is 36.6 Å². The van der Waals surface area contributed by atoms with Crippen LogP contribution in [0.3, 0.4) is 0 Å². The third-order valence-corrected chi connectivity index (χ3v) is 6.90. The van der Waals surface area contributed by atoms with E-state index < -0.39 is 39.4 Å². The first-order valence-corrected chi connectivity index (χ1v) is 12.0. The van der Waals surface area contributed by atoms with Crippen LogP contribution in [0.25, 0.3) is 0 Å². The van der Waals surface area contributed by atoms with Crippen molar-refractivity contribution in [1.29, 1.82) is 0 Å². The van der Waals surface area contributed by atoms with Crippen molar-refractivity contribution in [2.45, 2.75) is 17.9 Å². The summed E-state index contributed by atoms with van der Waals surface area (Å²) in [6.45, 7) is 1.61. The number of ether oxygens (including phenoxy) is 3. The van der Waals surface area contributed by atoms with Gasteiger partial charge in [-0.2, -0.15) is 0 Å². The lowest BCUT2D eigenvalue weighted by Crippen LogP contribution is -2.47. The molecule has 0 radical (unpaired) electrons. The van der Waals surface area contributed by atoms with E-state index in [-0.39, 0.29) is 27.8 Å². The predicted octanol–water partition coefficient (Wildman–Crippen LogP) is 3.14. The van der Waals surface area contributed by atoms with Gasteiger partial charge in [0, 0.05) is 5.70 Å². The van der Waals surface area contributed by atoms with Crippen molar-refractivity contribution in [3.05, 3.63) is 64.1 Å². The molecular weight excluding hydrogens is 491 g/mol. The maximum atomic E-state index is 13.5. The topological polar surface area (TPSA) is 120 Å². The Balaban J connectivity index is 2.13. The van der Waals surface area contributed by atoms with Crippen molar-refractivity contribution in [1.82, 2.24) is 10.6 Å². The van der Waals surface area contributed by atoms with Gasteiger partial charge in [0.15, 0.2) is 21.3 Å². The van der Waals surface area contributed by atoms with Gasteiger partial charge < -0.3 is 24.8 Å². The Labute approximate surface area is 200 Å². The number of hydrogen-bond acceptors (Lipinski definition) is 7. The standard InChI is InChI=1S/C22H22ClFN2O7S/c1-4-33-21(27)19-16(11-34(29,30)13-6-7-15(24)14(23)10-13)25-22(28)26-20(19)12-5-8-17(31-2)18(9-12)32-3/h5-10,20H,4,11H2,1-3H3,(H2,25,26,28)/t20-/m0/s1. The van der Waals surface area contributed by atoms with Crippen LogP contribution in [-0.2, 0) is 19.4 Å². The molecule has 0 spiro atoms. The number of nitrogens with one attached hydrogen (secondary N) is 2. The van der Waals surface area contributed by atoms with Gasteiger partial charge in [0.1, 0.15) is 5.82 Å². The van der Waals surface area contributed by atoms with Crippen molar-refractivity contribution >= 4 is 33.4 Å². The van der Waals surface area contributed by atoms with Crippen LogP contribution in [0.15, 0.2) is 52.6 Å². The largest absolute Gasteiger partial charge is 0.493 e. The summed E-state index contributed by atoms with van der Waals surface area (Å²) in [6.07, 6.45) is 0. The monoisotopic (exact) mass is 512 g/mol. The Morgan fingerprint density at radius 1 is 1.12 bits per heavy atom. The zero-order valence-electron chi connectivity index (χ0n) is 18.5. The molecule has 0 bridgehead atoms. The van der Waals surface area contributed by atoms with Crippen LogP contribution in [-0.4, -0.2) is 47.0 Å². The maximum Gasteiger partial charge on any atom is 0.338 e. The number of esters is 1. The third-order valence-electron chi connectivity index (χ3n) is 4.97. The highest BCUT2D eigenvalue weighted by Crippen LogP contribution is 2.35. The molecule has 1 aliphatic rings. The molecule has 1 aliphatic heterocycles. The summed E-state index contributed by atoms with van der Waals surface area (Å²) < 4.78 is 55.3. The molecule has 2 N–H and O–H groups in total. The van der Waals surface area contributed by atoms with Crippen LogP contribution in [0.1, 0.15) is 18.5 Å². The highest BCUT2D eigenvalue weighted by Gasteiger charge is 2.36. The number of sulfone groups is 1. The van der Waals surface area contributed by atoms with E-state index in [1.165, 1.54) is 14.2 Å². The van der Waals surface area contributed by atoms with Gasteiger partial charge in [0.05, 0.1) is 48.1 Å². The van der Waals surface area contributed by atoms with Crippen LogP contribution >= 0.6 is 11.6 Å². The molecule has 34 heavy (non-hydrogen) atoms. The minimum atomic E-state index is -4.14. The van der Waals surface area contributed by atoms with Crippen LogP contribution < -0.4 is 20.1 Å². The Kier molecular flexibility index (Phi) is 7.68. The Morgan fingerprint density at radius 2 is 1.82 bits per heavy atom. The van der Waals surface area contributed by atoms with E-state index in [9.17, 15) is 22.4 Å². The molecule has 2 aromatic rings. The van der Waals surface area contributed by atoms with Gasteiger partial charge in [-0.25, -0.2) is 22.4 Å². The predicted molar refractivity (Wildman–Crippen MR) is 121 cm³/mol. The van der Waals surface area contributed by atoms with E-state index in [0.29, 0.717) is 17.1 Å². The van der Waals surface area contributed by atoms with Crippen molar-refractivity contribution in [2.24, 2.45) is 0 Å². The van der Waals surface area contributed by atoms with E-state index in [1.807, 2.05) is 0 Å². The Hall–Kier alpha value is -3.31. The molecule has 3 rings (SSSR count). The van der Waals surface area contributed by atoms with E-state index in [4.69, 9.17) is 25.8 Å². The van der Waals surface area contributed by atoms with Gasteiger partial charge in [-0.3, -0.25) is 0 Å². The highest BCUT2D eigenvalue weighted by atomic mass is 35.5. The van der Waals surface area contributed by atoms with E-state index in [2.05, 4.69) is 10.6 Å². The quantitative estimate of drug-likeness (QED) is 0.412. The number of hydrogen-bond donors (Lipinski definition) is 2. The summed E-state index contributed by atoms with van der Waals surface area (Å²) in [7, 11) is -1.25. The molecule has 0 aromatic heterocycles. The third kappa shape index (κ3) is 5.26. The van der Waals surface area contributed by atoms with Crippen LogP contribution in [0.2, 0.25) is 5.02 Å². The Bertz CT molecular complexity index is 1260. The summed E-state index contributed by atoms with van der Waals surface area (Å²) in [4.78, 5) is 25.1. The molecule has 0 unspecified atom stereocenters. The van der Waals surface area contributed by atoms with Crippen LogP contribution in [0, 0.1) is 5.82 Å². The number of methoxy groups -OCH3 is 2. The number of carbonyl (C=O) groups is 2. The first-order chi connectivity index (χ1) is 16.1. The molecule has 1 heterocycles. The lowest BCUT2D eigenvalue weighted by Gasteiger charge is -2.29. The summed E-state index contributed by atoms with van der Waals surface area (Å²) >= 11 is 5.74. The molecule has 2 aromatic carbocycles. The molecule has 182 valence electrons. The van der Waals surface area contributed by atoms with E-state index in [0.717, 1.165) is 18.2 Å². The summed E-state index contributed by atoms with van der Waals surface area (Å²) in [5.74, 6) is -1.61. The molecule has 0 fully saturated rings. The van der Waals surface area contributed by atoms with E-state index in [1.54, 1.807) is 25.1 Å². The van der Waals surface area contributed by atoms with Gasteiger partial charge in [-0.05, 0) is 42.8 Å². The molecule has 0 saturated heterocycles. The summed E-state index contributed by atoms with van der Waals surface area (Å²) in [5.41, 5.74) is 0.142. The molecule has 0 aliphatic carbocycles. The fourth-order valence-corrected chi connectivity index (χ4v) is 5.00. The summed E-state index contributed by atoms with van der Waals surface area (Å²) in [6, 6.07) is 5.90. The van der Waals surface area contributed by atoms with Gasteiger partial charge in [-0.15, -0.1) is 0 Å². The zero-order valence-corrected chi connectivity index (χ0v) is 20.1. The molecule has 0 saturated carbocycles. The first-order valence-electron chi connectivity index (χ1n) is 9.98. The Morgan fingerprint density at radius 3 is 2.44 bits per heavy atom. The fourth-order valence-electron chi connectivity index (χ4n) is 3.41. The second kappa shape index (κ2) is 10.3. The minimum Gasteiger partial charge on any atom is -0.493 e. The highest BCUT2D eigenvalue weighted by molar-refractivity contribution is 7.91. The summed E-state index contributed by atoms with van der Waals surface area (Å²) in [5, 5.41) is 4.63. The second-order valence-corrected chi connectivity index (χ2v) is 9.49. The number of amides is 2. The normalized spacial score (nSPS) is 15.9. The fraction of sp³-hybridized carbons (Fsp3) is 0.273. The van der Waals surface area contributed by atoms with Crippen LogP contribution in [0.4, 0.5) is 9.18 Å². The van der Waals surface area contributed by atoms with Crippen molar-refractivity contribution in [3.8, 4) is 11.5 Å². The average Bonchev–Trinajstić information content (AvgIpc) is 2.79. The number of urea groups is 1. The zero-order chi connectivity index (χ0) is 25.0. The molecular formula is C22H22ClFN2O7S. The second-order valence-electron chi connectivity index (χ2n) is 7.09. The molecule has 1 atom stereocenters. The maximum absolute atomic E-state index is 13.5. The molecule has 12 heteroatoms. The van der Waals surface area contributed by atoms with Gasteiger partial charge in [0.2, 0.25) is 0 Å². The smallest absolute Gasteiger partial charge is 0.338 e. The molecule has 2 amide bonds. The number of benzene rings is 2. The van der Waals surface area contributed by atoms with Crippen molar-refractivity contribution in [2.75, 3.05) is 26.6 Å². The molecule has 9 nitrogen and oxygen atoms in total. The van der Waals surface area contributed by atoms with Crippen molar-refractivity contribution in [3.63, 3.8) is 0 Å².